The molecule has 5 heteroatoms. The van der Waals surface area contributed by atoms with Crippen LogP contribution in [0.2, 0.25) is 0 Å². The summed E-state index contributed by atoms with van der Waals surface area (Å²) in [4.78, 5) is 12.5. The minimum Gasteiger partial charge on any atom is -0.299 e. The Hall–Kier alpha value is -5.52. The second-order valence-corrected chi connectivity index (χ2v) is 14.2. The Balaban J connectivity index is 1.26. The van der Waals surface area contributed by atoms with E-state index in [1.807, 2.05) is 17.5 Å². The molecule has 5 aromatic carbocycles. The number of aromatic nitrogens is 3. The maximum Gasteiger partial charge on any atom is 0.144 e. The summed E-state index contributed by atoms with van der Waals surface area (Å²) >= 11 is 1.83. The molecule has 49 heavy (non-hydrogen) atoms. The van der Waals surface area contributed by atoms with Gasteiger partial charge < -0.3 is 0 Å². The molecule has 0 radical (unpaired) electrons. The zero-order valence-electron chi connectivity index (χ0n) is 28.2. The molecule has 0 aliphatic carbocycles. The van der Waals surface area contributed by atoms with E-state index in [0.29, 0.717) is 11.8 Å². The lowest BCUT2D eigenvalue weighted by molar-refractivity contribution is 0.806. The Morgan fingerprint density at radius 3 is 2.10 bits per heavy atom. The number of hydrogen-bond donors (Lipinski definition) is 0. The second-order valence-electron chi connectivity index (χ2n) is 13.1. The van der Waals surface area contributed by atoms with Gasteiger partial charge in [0, 0.05) is 55.1 Å². The number of benzene rings is 5. The first-order valence-electron chi connectivity index (χ1n) is 17.0. The summed E-state index contributed by atoms with van der Waals surface area (Å²) in [6.07, 6.45) is 4.02. The quantitative estimate of drug-likeness (QED) is 0.163. The highest BCUT2D eigenvalue weighted by atomic mass is 32.1. The van der Waals surface area contributed by atoms with Gasteiger partial charge in [0.15, 0.2) is 0 Å². The summed E-state index contributed by atoms with van der Waals surface area (Å²) < 4.78 is 4.83. The number of para-hydroxylation sites is 2. The van der Waals surface area contributed by atoms with Gasteiger partial charge in [-0.15, -0.1) is 11.3 Å². The molecule has 0 aliphatic rings. The van der Waals surface area contributed by atoms with Crippen molar-refractivity contribution in [3.63, 3.8) is 0 Å². The molecule has 0 saturated carbocycles. The molecule has 240 valence electrons. The molecule has 8 aromatic rings. The number of fused-ring (bicyclic) bond motifs is 3. The largest absolute Gasteiger partial charge is 0.299 e. The molecule has 0 fully saturated rings. The molecule has 0 N–H and O–H groups in total. The lowest BCUT2D eigenvalue weighted by Gasteiger charge is -2.25. The van der Waals surface area contributed by atoms with Crippen molar-refractivity contribution in [2.45, 2.75) is 39.5 Å². The van der Waals surface area contributed by atoms with Crippen LogP contribution in [0.25, 0.3) is 48.5 Å². The normalized spacial score (nSPS) is 11.6. The molecule has 0 unspecified atom stereocenters. The second kappa shape index (κ2) is 12.8. The van der Waals surface area contributed by atoms with Crippen molar-refractivity contribution < 1.29 is 0 Å². The topological polar surface area (TPSA) is 34.0 Å². The van der Waals surface area contributed by atoms with Gasteiger partial charge in [0.1, 0.15) is 11.6 Å². The Labute approximate surface area is 292 Å². The number of anilines is 3. The van der Waals surface area contributed by atoms with Crippen LogP contribution < -0.4 is 4.90 Å². The third-order valence-electron chi connectivity index (χ3n) is 9.24. The van der Waals surface area contributed by atoms with Gasteiger partial charge in [-0.05, 0) is 65.4 Å². The lowest BCUT2D eigenvalue weighted by Crippen LogP contribution is -2.12. The summed E-state index contributed by atoms with van der Waals surface area (Å²) in [6.45, 7) is 9.06. The highest BCUT2D eigenvalue weighted by molar-refractivity contribution is 7.26. The van der Waals surface area contributed by atoms with Crippen molar-refractivity contribution in [1.82, 2.24) is 14.5 Å². The predicted octanol–water partition coefficient (Wildman–Crippen LogP) is 12.7. The van der Waals surface area contributed by atoms with Gasteiger partial charge in [-0.2, -0.15) is 0 Å². The fourth-order valence-corrected chi connectivity index (χ4v) is 8.13. The van der Waals surface area contributed by atoms with E-state index >= 15 is 0 Å². The van der Waals surface area contributed by atoms with Crippen LogP contribution in [-0.2, 0) is 0 Å². The monoisotopic (exact) mass is 654 g/mol. The lowest BCUT2D eigenvalue weighted by atomic mass is 9.92. The molecule has 3 aromatic heterocycles. The average Bonchev–Trinajstić information content (AvgIpc) is 3.78. The van der Waals surface area contributed by atoms with Crippen LogP contribution in [0.1, 0.15) is 50.7 Å². The molecule has 4 nitrogen and oxygen atoms in total. The Morgan fingerprint density at radius 1 is 0.633 bits per heavy atom. The first-order valence-corrected chi connectivity index (χ1v) is 17.8. The van der Waals surface area contributed by atoms with E-state index in [9.17, 15) is 0 Å². The molecular formula is C44H38N4S. The highest BCUT2D eigenvalue weighted by Gasteiger charge is 2.21. The van der Waals surface area contributed by atoms with Gasteiger partial charge in [0.05, 0.1) is 11.4 Å². The van der Waals surface area contributed by atoms with E-state index in [4.69, 9.17) is 9.97 Å². The van der Waals surface area contributed by atoms with E-state index in [-0.39, 0.29) is 0 Å². The molecule has 0 aliphatic heterocycles. The third-order valence-corrected chi connectivity index (χ3v) is 10.5. The van der Waals surface area contributed by atoms with E-state index < -0.39 is 0 Å². The van der Waals surface area contributed by atoms with Crippen molar-refractivity contribution in [3.8, 4) is 28.3 Å². The Kier molecular flexibility index (Phi) is 8.06. The maximum absolute atomic E-state index is 5.35. The molecule has 0 atom stereocenters. The zero-order valence-corrected chi connectivity index (χ0v) is 29.0. The number of nitrogens with zero attached hydrogens (tertiary/aromatic N) is 4. The van der Waals surface area contributed by atoms with Crippen molar-refractivity contribution >= 4 is 48.7 Å². The third kappa shape index (κ3) is 5.60. The van der Waals surface area contributed by atoms with Gasteiger partial charge in [-0.1, -0.05) is 119 Å². The van der Waals surface area contributed by atoms with Crippen LogP contribution in [0.4, 0.5) is 17.2 Å². The molecule has 0 saturated heterocycles. The maximum atomic E-state index is 5.35. The van der Waals surface area contributed by atoms with Gasteiger partial charge in [-0.3, -0.25) is 9.47 Å². The minimum absolute atomic E-state index is 0.376. The Morgan fingerprint density at radius 2 is 1.31 bits per heavy atom. The first kappa shape index (κ1) is 30.8. The van der Waals surface area contributed by atoms with Gasteiger partial charge in [0.2, 0.25) is 0 Å². The van der Waals surface area contributed by atoms with E-state index in [1.54, 1.807) is 0 Å². The van der Waals surface area contributed by atoms with Crippen LogP contribution in [-0.4, -0.2) is 14.5 Å². The van der Waals surface area contributed by atoms with E-state index in [0.717, 1.165) is 39.8 Å². The van der Waals surface area contributed by atoms with Crippen molar-refractivity contribution in [1.29, 1.82) is 0 Å². The van der Waals surface area contributed by atoms with E-state index in [1.165, 1.54) is 37.0 Å². The molecule has 0 amide bonds. The molecule has 8 rings (SSSR count). The molecule has 0 bridgehead atoms. The van der Waals surface area contributed by atoms with Gasteiger partial charge >= 0.3 is 0 Å². The Bertz CT molecular complexity index is 2390. The fourth-order valence-electron chi connectivity index (χ4n) is 6.91. The average molecular weight is 655 g/mol. The first-order chi connectivity index (χ1) is 24.0. The number of thiophene rings is 1. The van der Waals surface area contributed by atoms with Crippen LogP contribution in [0.15, 0.2) is 146 Å². The van der Waals surface area contributed by atoms with Crippen molar-refractivity contribution in [3.05, 3.63) is 157 Å². The summed E-state index contributed by atoms with van der Waals surface area (Å²) in [6, 6.07) is 47.4. The summed E-state index contributed by atoms with van der Waals surface area (Å²) in [5.74, 6) is 2.53. The highest BCUT2D eigenvalue weighted by Crippen LogP contribution is 2.41. The smallest absolute Gasteiger partial charge is 0.144 e. The van der Waals surface area contributed by atoms with Crippen LogP contribution in [0, 0.1) is 0 Å². The molecule has 3 heterocycles. The minimum atomic E-state index is 0.376. The van der Waals surface area contributed by atoms with Crippen molar-refractivity contribution in [2.24, 2.45) is 0 Å². The predicted molar refractivity (Wildman–Crippen MR) is 208 cm³/mol. The summed E-state index contributed by atoms with van der Waals surface area (Å²) in [5.41, 5.74) is 9.08. The molecular weight excluding hydrogens is 617 g/mol. The number of pyridine rings is 1. The number of hydrogen-bond acceptors (Lipinski definition) is 4. The van der Waals surface area contributed by atoms with Crippen LogP contribution >= 0.6 is 11.3 Å². The fraction of sp³-hybridized carbons (Fsp3) is 0.136. The molecule has 0 spiro atoms. The van der Waals surface area contributed by atoms with Gasteiger partial charge in [0.25, 0.3) is 0 Å². The summed E-state index contributed by atoms with van der Waals surface area (Å²) in [5, 5.41) is 2.56. The SMILES string of the molecule is CC(C)c1cccc(C(C)C)c1-n1ccnc1-c1cccc(N(c2ccccc2)c2cccc(-c3cccc4c3sc3ccccc34)n2)c1. The van der Waals surface area contributed by atoms with Crippen LogP contribution in [0.3, 0.4) is 0 Å². The number of imidazole rings is 1. The van der Waals surface area contributed by atoms with E-state index in [2.05, 4.69) is 177 Å². The van der Waals surface area contributed by atoms with Crippen LogP contribution in [0.5, 0.6) is 0 Å². The van der Waals surface area contributed by atoms with Gasteiger partial charge in [-0.25, -0.2) is 9.97 Å². The standard InChI is InChI=1S/C44H38N4S/c1-29(2)34-19-11-20-35(30(3)4)42(34)47-27-26-45-44(47)31-14-10-17-33(28-31)48(32-15-6-5-7-16-32)41-25-13-23-39(46-41)38-22-12-21-37-36-18-8-9-24-40(36)49-43(37)38/h5-30H,1-4H3. The van der Waals surface area contributed by atoms with Crippen molar-refractivity contribution in [2.75, 3.05) is 4.90 Å². The number of rotatable bonds is 8. The summed E-state index contributed by atoms with van der Waals surface area (Å²) in [7, 11) is 0. The zero-order chi connectivity index (χ0) is 33.5.